The van der Waals surface area contributed by atoms with E-state index >= 15 is 0 Å². The number of esters is 1. The highest BCUT2D eigenvalue weighted by atomic mass is 32.1. The third kappa shape index (κ3) is 3.79. The van der Waals surface area contributed by atoms with Gasteiger partial charge in [-0.05, 0) is 19.1 Å². The van der Waals surface area contributed by atoms with Gasteiger partial charge in [0.25, 0.3) is 0 Å². The molecule has 0 saturated carbocycles. The zero-order chi connectivity index (χ0) is 15.2. The van der Waals surface area contributed by atoms with Gasteiger partial charge >= 0.3 is 5.97 Å². The molecule has 1 aromatic heterocycles. The summed E-state index contributed by atoms with van der Waals surface area (Å²) in [7, 11) is 1.56. The first-order chi connectivity index (χ1) is 10.1. The first-order valence-electron chi connectivity index (χ1n) is 6.23. The van der Waals surface area contributed by atoms with E-state index in [1.54, 1.807) is 20.1 Å². The molecule has 1 aromatic carbocycles. The standard InChI is InChI=1S/C14H14N2O4S/c1-3-20-12(18)8-7-11(17)15-14-16-13-9(19-2)5-4-6-10(13)21-14/h4-8H,3H2,1-2H3,(H,15,16,17)/b8-7+. The van der Waals surface area contributed by atoms with Crippen molar-refractivity contribution < 1.29 is 19.1 Å². The van der Waals surface area contributed by atoms with Crippen LogP contribution in [0.3, 0.4) is 0 Å². The average Bonchev–Trinajstić information content (AvgIpc) is 2.87. The van der Waals surface area contributed by atoms with Gasteiger partial charge in [-0.1, -0.05) is 17.4 Å². The maximum absolute atomic E-state index is 11.7. The maximum Gasteiger partial charge on any atom is 0.330 e. The number of carbonyl (C=O) groups excluding carboxylic acids is 2. The molecule has 0 fully saturated rings. The summed E-state index contributed by atoms with van der Waals surface area (Å²) in [5.41, 5.74) is 0.690. The Morgan fingerprint density at radius 1 is 1.38 bits per heavy atom. The molecule has 0 radical (unpaired) electrons. The van der Waals surface area contributed by atoms with Crippen LogP contribution in [-0.4, -0.2) is 30.6 Å². The Balaban J connectivity index is 2.09. The van der Waals surface area contributed by atoms with Gasteiger partial charge in [-0.25, -0.2) is 9.78 Å². The minimum absolute atomic E-state index is 0.266. The number of hydrogen-bond donors (Lipinski definition) is 1. The van der Waals surface area contributed by atoms with Crippen molar-refractivity contribution in [3.63, 3.8) is 0 Å². The van der Waals surface area contributed by atoms with Crippen molar-refractivity contribution in [2.45, 2.75) is 6.92 Å². The third-order valence-electron chi connectivity index (χ3n) is 2.49. The summed E-state index contributed by atoms with van der Waals surface area (Å²) >= 11 is 1.33. The molecule has 7 heteroatoms. The van der Waals surface area contributed by atoms with Crippen LogP contribution in [0.1, 0.15) is 6.92 Å². The van der Waals surface area contributed by atoms with Crippen LogP contribution < -0.4 is 10.1 Å². The maximum atomic E-state index is 11.7. The molecule has 0 atom stereocenters. The molecule has 0 bridgehead atoms. The molecule has 2 rings (SSSR count). The lowest BCUT2D eigenvalue weighted by atomic mass is 10.3. The first-order valence-corrected chi connectivity index (χ1v) is 7.05. The van der Waals surface area contributed by atoms with Crippen LogP contribution in [0.2, 0.25) is 0 Å². The highest BCUT2D eigenvalue weighted by molar-refractivity contribution is 7.22. The molecule has 0 aliphatic rings. The highest BCUT2D eigenvalue weighted by Gasteiger charge is 2.09. The molecular weight excluding hydrogens is 292 g/mol. The van der Waals surface area contributed by atoms with Crippen LogP contribution in [0.25, 0.3) is 10.2 Å². The van der Waals surface area contributed by atoms with Crippen LogP contribution in [0, 0.1) is 0 Å². The van der Waals surface area contributed by atoms with Crippen molar-refractivity contribution in [1.29, 1.82) is 0 Å². The Kier molecular flexibility index (Phi) is 4.89. The van der Waals surface area contributed by atoms with Crippen molar-refractivity contribution in [3.8, 4) is 5.75 Å². The zero-order valence-corrected chi connectivity index (χ0v) is 12.4. The number of carbonyl (C=O) groups is 2. The van der Waals surface area contributed by atoms with Crippen LogP contribution in [0.15, 0.2) is 30.4 Å². The predicted molar refractivity (Wildman–Crippen MR) is 80.6 cm³/mol. The number of amides is 1. The number of benzene rings is 1. The van der Waals surface area contributed by atoms with E-state index in [0.717, 1.165) is 16.9 Å². The fourth-order valence-corrected chi connectivity index (χ4v) is 2.51. The number of anilines is 1. The van der Waals surface area contributed by atoms with Crippen LogP contribution in [-0.2, 0) is 14.3 Å². The van der Waals surface area contributed by atoms with E-state index in [9.17, 15) is 9.59 Å². The molecule has 1 heterocycles. The molecule has 2 aromatic rings. The number of fused-ring (bicyclic) bond motifs is 1. The summed E-state index contributed by atoms with van der Waals surface area (Å²) in [5, 5.41) is 3.04. The Hall–Kier alpha value is -2.41. The molecule has 1 N–H and O–H groups in total. The molecule has 21 heavy (non-hydrogen) atoms. The quantitative estimate of drug-likeness (QED) is 0.678. The molecule has 6 nitrogen and oxygen atoms in total. The van der Waals surface area contributed by atoms with Gasteiger partial charge in [0, 0.05) is 12.2 Å². The number of aromatic nitrogens is 1. The fraction of sp³-hybridized carbons (Fsp3) is 0.214. The Morgan fingerprint density at radius 3 is 2.90 bits per heavy atom. The SMILES string of the molecule is CCOC(=O)/C=C/C(=O)Nc1nc2c(OC)cccc2s1. The smallest absolute Gasteiger partial charge is 0.330 e. The van der Waals surface area contributed by atoms with Crippen LogP contribution in [0.4, 0.5) is 5.13 Å². The van der Waals surface area contributed by atoms with Crippen molar-refractivity contribution in [2.75, 3.05) is 19.0 Å². The van der Waals surface area contributed by atoms with Gasteiger partial charge in [-0.2, -0.15) is 0 Å². The Bertz CT molecular complexity index is 693. The average molecular weight is 306 g/mol. The van der Waals surface area contributed by atoms with Gasteiger partial charge in [0.2, 0.25) is 5.91 Å². The van der Waals surface area contributed by atoms with Crippen molar-refractivity contribution in [3.05, 3.63) is 30.4 Å². The second-order valence-corrected chi connectivity index (χ2v) is 4.93. The van der Waals surface area contributed by atoms with E-state index in [1.165, 1.54) is 11.3 Å². The Morgan fingerprint density at radius 2 is 2.19 bits per heavy atom. The monoisotopic (exact) mass is 306 g/mol. The molecule has 0 aliphatic heterocycles. The zero-order valence-electron chi connectivity index (χ0n) is 11.6. The van der Waals surface area contributed by atoms with Gasteiger partial charge in [0.05, 0.1) is 18.4 Å². The van der Waals surface area contributed by atoms with Crippen molar-refractivity contribution >= 4 is 38.6 Å². The van der Waals surface area contributed by atoms with E-state index in [4.69, 9.17) is 4.74 Å². The topological polar surface area (TPSA) is 77.5 Å². The summed E-state index contributed by atoms with van der Waals surface area (Å²) in [5.74, 6) is -0.356. The molecule has 1 amide bonds. The minimum Gasteiger partial charge on any atom is -0.494 e. The summed E-state index contributed by atoms with van der Waals surface area (Å²) in [6, 6.07) is 5.54. The van der Waals surface area contributed by atoms with Gasteiger partial charge in [0.15, 0.2) is 5.13 Å². The van der Waals surface area contributed by atoms with Gasteiger partial charge in [-0.3, -0.25) is 10.1 Å². The number of methoxy groups -OCH3 is 1. The number of ether oxygens (including phenoxy) is 2. The largest absolute Gasteiger partial charge is 0.494 e. The second kappa shape index (κ2) is 6.85. The van der Waals surface area contributed by atoms with Crippen LogP contribution >= 0.6 is 11.3 Å². The molecule has 110 valence electrons. The minimum atomic E-state index is -0.557. The number of hydrogen-bond acceptors (Lipinski definition) is 6. The van der Waals surface area contributed by atoms with Crippen LogP contribution in [0.5, 0.6) is 5.75 Å². The van der Waals surface area contributed by atoms with E-state index in [-0.39, 0.29) is 6.61 Å². The highest BCUT2D eigenvalue weighted by Crippen LogP contribution is 2.31. The first kappa shape index (κ1) is 15.0. The van der Waals surface area contributed by atoms with Crippen molar-refractivity contribution in [1.82, 2.24) is 4.98 Å². The van der Waals surface area contributed by atoms with E-state index in [2.05, 4.69) is 15.0 Å². The molecular formula is C14H14N2O4S. The lowest BCUT2D eigenvalue weighted by Crippen LogP contribution is -2.09. The lowest BCUT2D eigenvalue weighted by Gasteiger charge is -1.98. The van der Waals surface area contributed by atoms with Gasteiger partial charge in [0.1, 0.15) is 11.3 Å². The number of nitrogens with zero attached hydrogens (tertiary/aromatic N) is 1. The summed E-state index contributed by atoms with van der Waals surface area (Å²) < 4.78 is 10.8. The lowest BCUT2D eigenvalue weighted by molar-refractivity contribution is -0.137. The molecule has 0 aliphatic carbocycles. The molecule has 0 spiro atoms. The summed E-state index contributed by atoms with van der Waals surface area (Å²) in [6.07, 6.45) is 2.19. The fourth-order valence-electron chi connectivity index (χ4n) is 1.62. The second-order valence-electron chi connectivity index (χ2n) is 3.90. The number of para-hydroxylation sites is 1. The molecule has 0 saturated heterocycles. The Labute approximate surface area is 125 Å². The number of rotatable bonds is 5. The number of thiazole rings is 1. The summed E-state index contributed by atoms with van der Waals surface area (Å²) in [6.45, 7) is 1.96. The van der Waals surface area contributed by atoms with E-state index in [0.29, 0.717) is 16.4 Å². The van der Waals surface area contributed by atoms with Gasteiger partial charge in [-0.15, -0.1) is 0 Å². The van der Waals surface area contributed by atoms with Crippen molar-refractivity contribution in [2.24, 2.45) is 0 Å². The van der Waals surface area contributed by atoms with E-state index < -0.39 is 11.9 Å². The third-order valence-corrected chi connectivity index (χ3v) is 3.43. The van der Waals surface area contributed by atoms with Gasteiger partial charge < -0.3 is 9.47 Å². The van der Waals surface area contributed by atoms with E-state index in [1.807, 2.05) is 12.1 Å². The predicted octanol–water partition coefficient (Wildman–Crippen LogP) is 2.36. The normalized spacial score (nSPS) is 10.8. The summed E-state index contributed by atoms with van der Waals surface area (Å²) in [4.78, 5) is 27.1. The molecule has 0 unspecified atom stereocenters. The number of nitrogens with one attached hydrogen (secondary N) is 1.